The van der Waals surface area contributed by atoms with Gasteiger partial charge in [-0.2, -0.15) is 0 Å². The van der Waals surface area contributed by atoms with E-state index in [1.807, 2.05) is 6.92 Å². The number of hydrogen-bond acceptors (Lipinski definition) is 3. The highest BCUT2D eigenvalue weighted by Gasteiger charge is 2.02. The highest BCUT2D eigenvalue weighted by atomic mass is 35.5. The number of anilines is 1. The molecule has 0 aromatic carbocycles. The van der Waals surface area contributed by atoms with E-state index in [1.54, 1.807) is 18.3 Å². The van der Waals surface area contributed by atoms with Crippen LogP contribution in [0.15, 0.2) is 18.3 Å². The Hall–Kier alpha value is -1.29. The summed E-state index contributed by atoms with van der Waals surface area (Å²) in [4.78, 5) is 15.3. The predicted octanol–water partition coefficient (Wildman–Crippen LogP) is 2.06. The summed E-state index contributed by atoms with van der Waals surface area (Å²) in [5, 5.41) is 6.38. The highest BCUT2D eigenvalue weighted by molar-refractivity contribution is 6.32. The number of halogens is 1. The number of nitrogens with zero attached hydrogens (tertiary/aromatic N) is 1. The predicted molar refractivity (Wildman–Crippen MR) is 65.7 cm³/mol. The van der Waals surface area contributed by atoms with Crippen LogP contribution in [0, 0.1) is 0 Å². The second-order valence-corrected chi connectivity index (χ2v) is 3.77. The SMILES string of the molecule is CCCNC(=O)CCNc1ncccc1Cl. The summed E-state index contributed by atoms with van der Waals surface area (Å²) in [5.74, 6) is 0.661. The molecule has 1 aromatic rings. The van der Waals surface area contributed by atoms with Crippen molar-refractivity contribution < 1.29 is 4.79 Å². The number of rotatable bonds is 6. The van der Waals surface area contributed by atoms with Gasteiger partial charge in [0.15, 0.2) is 0 Å². The molecule has 0 aliphatic carbocycles. The van der Waals surface area contributed by atoms with Crippen LogP contribution in [0.5, 0.6) is 0 Å². The quantitative estimate of drug-likeness (QED) is 0.802. The summed E-state index contributed by atoms with van der Waals surface area (Å²) < 4.78 is 0. The molecule has 0 saturated heterocycles. The van der Waals surface area contributed by atoms with Crippen molar-refractivity contribution in [3.8, 4) is 0 Å². The van der Waals surface area contributed by atoms with Crippen molar-refractivity contribution in [1.82, 2.24) is 10.3 Å². The van der Waals surface area contributed by atoms with Crippen molar-refractivity contribution >= 4 is 23.3 Å². The third kappa shape index (κ3) is 4.49. The molecule has 1 rings (SSSR count). The number of pyridine rings is 1. The Kier molecular flexibility index (Phi) is 5.64. The molecule has 5 heteroatoms. The number of hydrogen-bond donors (Lipinski definition) is 2. The Balaban J connectivity index is 2.25. The summed E-state index contributed by atoms with van der Waals surface area (Å²) in [6.07, 6.45) is 3.03. The van der Waals surface area contributed by atoms with E-state index in [2.05, 4.69) is 15.6 Å². The molecule has 88 valence electrons. The maximum Gasteiger partial charge on any atom is 0.221 e. The van der Waals surface area contributed by atoms with E-state index in [0.717, 1.165) is 13.0 Å². The van der Waals surface area contributed by atoms with Crippen molar-refractivity contribution in [2.75, 3.05) is 18.4 Å². The molecule has 0 bridgehead atoms. The molecule has 0 unspecified atom stereocenters. The second kappa shape index (κ2) is 7.06. The van der Waals surface area contributed by atoms with Crippen LogP contribution in [-0.4, -0.2) is 24.0 Å². The molecule has 2 N–H and O–H groups in total. The monoisotopic (exact) mass is 241 g/mol. The van der Waals surface area contributed by atoms with Gasteiger partial charge in [0.05, 0.1) is 5.02 Å². The van der Waals surface area contributed by atoms with Crippen LogP contribution in [0.4, 0.5) is 5.82 Å². The van der Waals surface area contributed by atoms with Crippen molar-refractivity contribution in [2.45, 2.75) is 19.8 Å². The fourth-order valence-corrected chi connectivity index (χ4v) is 1.35. The number of carbonyl (C=O) groups is 1. The zero-order valence-electron chi connectivity index (χ0n) is 9.29. The first-order valence-electron chi connectivity index (χ1n) is 5.35. The molecule has 0 fully saturated rings. The minimum atomic E-state index is 0.0430. The van der Waals surface area contributed by atoms with Crippen LogP contribution < -0.4 is 10.6 Å². The molecule has 0 radical (unpaired) electrons. The van der Waals surface area contributed by atoms with Crippen molar-refractivity contribution in [1.29, 1.82) is 0 Å². The van der Waals surface area contributed by atoms with E-state index >= 15 is 0 Å². The summed E-state index contributed by atoms with van der Waals surface area (Å²) >= 11 is 5.90. The molecule has 0 aliphatic rings. The standard InChI is InChI=1S/C11H16ClN3O/c1-2-6-13-10(16)5-8-15-11-9(12)4-3-7-14-11/h3-4,7H,2,5-6,8H2,1H3,(H,13,16)(H,14,15). The Morgan fingerprint density at radius 1 is 1.50 bits per heavy atom. The zero-order valence-corrected chi connectivity index (χ0v) is 10.0. The zero-order chi connectivity index (χ0) is 11.8. The van der Waals surface area contributed by atoms with Gasteiger partial charge >= 0.3 is 0 Å². The summed E-state index contributed by atoms with van der Waals surface area (Å²) in [6.45, 7) is 3.28. The van der Waals surface area contributed by atoms with E-state index in [-0.39, 0.29) is 5.91 Å². The van der Waals surface area contributed by atoms with Gasteiger partial charge in [0.25, 0.3) is 0 Å². The van der Waals surface area contributed by atoms with Crippen LogP contribution in [-0.2, 0) is 4.79 Å². The Morgan fingerprint density at radius 2 is 2.31 bits per heavy atom. The molecule has 1 amide bonds. The van der Waals surface area contributed by atoms with Gasteiger partial charge in [0.2, 0.25) is 5.91 Å². The lowest BCUT2D eigenvalue weighted by atomic mass is 10.3. The second-order valence-electron chi connectivity index (χ2n) is 3.36. The third-order valence-corrected chi connectivity index (χ3v) is 2.28. The fourth-order valence-electron chi connectivity index (χ4n) is 1.16. The Morgan fingerprint density at radius 3 is 3.00 bits per heavy atom. The molecular formula is C11H16ClN3O. The van der Waals surface area contributed by atoms with Crippen LogP contribution >= 0.6 is 11.6 Å². The minimum absolute atomic E-state index is 0.0430. The van der Waals surface area contributed by atoms with E-state index in [1.165, 1.54) is 0 Å². The van der Waals surface area contributed by atoms with Crippen molar-refractivity contribution in [2.24, 2.45) is 0 Å². The van der Waals surface area contributed by atoms with Gasteiger partial charge in [0.1, 0.15) is 5.82 Å². The average Bonchev–Trinajstić information content (AvgIpc) is 2.29. The maximum absolute atomic E-state index is 11.3. The topological polar surface area (TPSA) is 54.0 Å². The first-order valence-corrected chi connectivity index (χ1v) is 5.73. The number of carbonyl (C=O) groups excluding carboxylic acids is 1. The Bertz CT molecular complexity index is 344. The molecule has 0 spiro atoms. The minimum Gasteiger partial charge on any atom is -0.368 e. The van der Waals surface area contributed by atoms with E-state index < -0.39 is 0 Å². The number of nitrogens with one attached hydrogen (secondary N) is 2. The van der Waals surface area contributed by atoms with Crippen LogP contribution in [0.2, 0.25) is 5.02 Å². The average molecular weight is 242 g/mol. The van der Waals surface area contributed by atoms with Gasteiger partial charge in [-0.25, -0.2) is 4.98 Å². The Labute approximate surface area is 100 Å². The molecule has 4 nitrogen and oxygen atoms in total. The van der Waals surface area contributed by atoms with Gasteiger partial charge in [-0.05, 0) is 18.6 Å². The molecule has 0 atom stereocenters. The molecule has 16 heavy (non-hydrogen) atoms. The van der Waals surface area contributed by atoms with Crippen molar-refractivity contribution in [3.63, 3.8) is 0 Å². The lowest BCUT2D eigenvalue weighted by Gasteiger charge is -2.07. The van der Waals surface area contributed by atoms with Gasteiger partial charge < -0.3 is 10.6 Å². The van der Waals surface area contributed by atoms with E-state index in [0.29, 0.717) is 23.8 Å². The largest absolute Gasteiger partial charge is 0.368 e. The molecular weight excluding hydrogens is 226 g/mol. The summed E-state index contributed by atoms with van der Waals surface area (Å²) in [7, 11) is 0. The maximum atomic E-state index is 11.3. The third-order valence-electron chi connectivity index (χ3n) is 1.98. The molecule has 0 aliphatic heterocycles. The fraction of sp³-hybridized carbons (Fsp3) is 0.455. The highest BCUT2D eigenvalue weighted by Crippen LogP contribution is 2.16. The lowest BCUT2D eigenvalue weighted by Crippen LogP contribution is -2.26. The first kappa shape index (κ1) is 12.8. The van der Waals surface area contributed by atoms with Crippen LogP contribution in [0.25, 0.3) is 0 Å². The molecule has 1 aromatic heterocycles. The first-order chi connectivity index (χ1) is 7.74. The van der Waals surface area contributed by atoms with E-state index in [4.69, 9.17) is 11.6 Å². The number of aromatic nitrogens is 1. The van der Waals surface area contributed by atoms with Gasteiger partial charge in [-0.15, -0.1) is 0 Å². The summed E-state index contributed by atoms with van der Waals surface area (Å²) in [6, 6.07) is 3.52. The van der Waals surface area contributed by atoms with E-state index in [9.17, 15) is 4.79 Å². The van der Waals surface area contributed by atoms with Crippen molar-refractivity contribution in [3.05, 3.63) is 23.4 Å². The molecule has 1 heterocycles. The van der Waals surface area contributed by atoms with Crippen LogP contribution in [0.3, 0.4) is 0 Å². The smallest absolute Gasteiger partial charge is 0.221 e. The molecule has 0 saturated carbocycles. The van der Waals surface area contributed by atoms with Gasteiger partial charge in [-0.3, -0.25) is 4.79 Å². The number of amides is 1. The van der Waals surface area contributed by atoms with Gasteiger partial charge in [0, 0.05) is 25.7 Å². The van der Waals surface area contributed by atoms with Gasteiger partial charge in [-0.1, -0.05) is 18.5 Å². The summed E-state index contributed by atoms with van der Waals surface area (Å²) in [5.41, 5.74) is 0. The van der Waals surface area contributed by atoms with Crippen LogP contribution in [0.1, 0.15) is 19.8 Å². The normalized spacial score (nSPS) is 9.88. The lowest BCUT2D eigenvalue weighted by molar-refractivity contribution is -0.120.